The van der Waals surface area contributed by atoms with Crippen molar-refractivity contribution in [1.82, 2.24) is 24.8 Å². The molecular weight excluding hydrogens is 332 g/mol. The van der Waals surface area contributed by atoms with Crippen LogP contribution >= 0.6 is 11.3 Å². The van der Waals surface area contributed by atoms with E-state index in [0.717, 1.165) is 47.6 Å². The largest absolute Gasteiger partial charge is 0.354 e. The van der Waals surface area contributed by atoms with E-state index < -0.39 is 0 Å². The van der Waals surface area contributed by atoms with Crippen molar-refractivity contribution < 1.29 is 0 Å². The highest BCUT2D eigenvalue weighted by Gasteiger charge is 2.10. The lowest BCUT2D eigenvalue weighted by molar-refractivity contribution is 0.467. The van der Waals surface area contributed by atoms with Gasteiger partial charge in [0.15, 0.2) is 5.96 Å². The van der Waals surface area contributed by atoms with Crippen molar-refractivity contribution in [3.8, 4) is 0 Å². The Hall–Kier alpha value is -2.41. The van der Waals surface area contributed by atoms with Crippen LogP contribution in [-0.4, -0.2) is 46.0 Å². The number of rotatable bonds is 5. The number of aliphatic imine (C=N–C) groups is 1. The maximum absolute atomic E-state index is 4.61. The molecule has 0 unspecified atom stereocenters. The number of aromatic nitrogens is 3. The van der Waals surface area contributed by atoms with Gasteiger partial charge in [-0.15, -0.1) is 11.3 Å². The number of hydrogen-bond donors (Lipinski definition) is 1. The first-order valence-corrected chi connectivity index (χ1v) is 9.21. The standard InChI is InChI=1S/C18H24N6S/c1-13-21-16-7-5-6-8-17(16)24(13)10-9-20-18(19-3)23(4)11-15-12-25-14(2)22-15/h5-8,12H,9-11H2,1-4H3,(H,19,20). The van der Waals surface area contributed by atoms with Gasteiger partial charge >= 0.3 is 0 Å². The number of benzene rings is 1. The van der Waals surface area contributed by atoms with Crippen LogP contribution in [-0.2, 0) is 13.1 Å². The van der Waals surface area contributed by atoms with Crippen LogP contribution in [0.4, 0.5) is 0 Å². The van der Waals surface area contributed by atoms with Crippen molar-refractivity contribution in [2.75, 3.05) is 20.6 Å². The quantitative estimate of drug-likeness (QED) is 0.564. The van der Waals surface area contributed by atoms with Gasteiger partial charge in [0.05, 0.1) is 28.3 Å². The summed E-state index contributed by atoms with van der Waals surface area (Å²) in [6, 6.07) is 8.24. The highest BCUT2D eigenvalue weighted by molar-refractivity contribution is 7.09. The molecule has 0 aliphatic rings. The molecule has 0 bridgehead atoms. The molecule has 25 heavy (non-hydrogen) atoms. The van der Waals surface area contributed by atoms with Crippen LogP contribution in [0.15, 0.2) is 34.6 Å². The number of nitrogens with one attached hydrogen (secondary N) is 1. The summed E-state index contributed by atoms with van der Waals surface area (Å²) in [6.07, 6.45) is 0. The predicted octanol–water partition coefficient (Wildman–Crippen LogP) is 2.82. The Bertz CT molecular complexity index is 879. The van der Waals surface area contributed by atoms with Crippen LogP contribution in [0.5, 0.6) is 0 Å². The van der Waals surface area contributed by atoms with E-state index in [-0.39, 0.29) is 0 Å². The van der Waals surface area contributed by atoms with Gasteiger partial charge in [-0.1, -0.05) is 12.1 Å². The van der Waals surface area contributed by atoms with E-state index in [1.54, 1.807) is 11.3 Å². The van der Waals surface area contributed by atoms with Gasteiger partial charge in [0.2, 0.25) is 0 Å². The highest BCUT2D eigenvalue weighted by Crippen LogP contribution is 2.15. The minimum absolute atomic E-state index is 0.747. The number of guanidine groups is 1. The number of nitrogens with zero attached hydrogens (tertiary/aromatic N) is 5. The van der Waals surface area contributed by atoms with Gasteiger partial charge in [-0.25, -0.2) is 9.97 Å². The fourth-order valence-corrected chi connectivity index (χ4v) is 3.54. The molecule has 0 saturated carbocycles. The molecule has 1 N–H and O–H groups in total. The molecule has 0 spiro atoms. The second-order valence-electron chi connectivity index (χ2n) is 5.99. The number of hydrogen-bond acceptors (Lipinski definition) is 4. The molecule has 7 heteroatoms. The summed E-state index contributed by atoms with van der Waals surface area (Å²) in [5.41, 5.74) is 3.29. The van der Waals surface area contributed by atoms with Gasteiger partial charge in [-0.3, -0.25) is 4.99 Å². The van der Waals surface area contributed by atoms with E-state index in [4.69, 9.17) is 0 Å². The molecule has 0 aliphatic carbocycles. The maximum Gasteiger partial charge on any atom is 0.193 e. The van der Waals surface area contributed by atoms with Crippen molar-refractivity contribution >= 4 is 28.3 Å². The van der Waals surface area contributed by atoms with Gasteiger partial charge in [-0.05, 0) is 26.0 Å². The van der Waals surface area contributed by atoms with Gasteiger partial charge in [-0.2, -0.15) is 0 Å². The Morgan fingerprint density at radius 2 is 2.08 bits per heavy atom. The Labute approximate surface area is 152 Å². The van der Waals surface area contributed by atoms with Gasteiger partial charge in [0.1, 0.15) is 5.82 Å². The average molecular weight is 356 g/mol. The number of para-hydroxylation sites is 2. The van der Waals surface area contributed by atoms with Crippen LogP contribution in [0.2, 0.25) is 0 Å². The fraction of sp³-hybridized carbons (Fsp3) is 0.389. The lowest BCUT2D eigenvalue weighted by atomic mass is 10.3. The average Bonchev–Trinajstić information content (AvgIpc) is 3.14. The van der Waals surface area contributed by atoms with Gasteiger partial charge < -0.3 is 14.8 Å². The fourth-order valence-electron chi connectivity index (χ4n) is 2.94. The summed E-state index contributed by atoms with van der Waals surface area (Å²) in [4.78, 5) is 15.6. The molecular formula is C18H24N6S. The van der Waals surface area contributed by atoms with Crippen LogP contribution in [0.3, 0.4) is 0 Å². The van der Waals surface area contributed by atoms with E-state index >= 15 is 0 Å². The van der Waals surface area contributed by atoms with Crippen molar-refractivity contribution in [2.24, 2.45) is 4.99 Å². The summed E-state index contributed by atoms with van der Waals surface area (Å²) in [5.74, 6) is 1.90. The number of fused-ring (bicyclic) bond motifs is 1. The third kappa shape index (κ3) is 3.99. The first kappa shape index (κ1) is 17.4. The molecule has 6 nitrogen and oxygen atoms in total. The molecule has 0 fully saturated rings. The van der Waals surface area contributed by atoms with Crippen molar-refractivity contribution in [3.05, 3.63) is 46.2 Å². The number of aryl methyl sites for hydroxylation is 2. The Morgan fingerprint density at radius 1 is 1.28 bits per heavy atom. The van der Waals surface area contributed by atoms with Crippen LogP contribution in [0.25, 0.3) is 11.0 Å². The van der Waals surface area contributed by atoms with Gasteiger partial charge in [0.25, 0.3) is 0 Å². The molecule has 3 rings (SSSR count). The molecule has 1 aromatic carbocycles. The van der Waals surface area contributed by atoms with Crippen molar-refractivity contribution in [2.45, 2.75) is 26.9 Å². The molecule has 0 amide bonds. The van der Waals surface area contributed by atoms with Crippen LogP contribution in [0, 0.1) is 13.8 Å². The Kier molecular flexibility index (Phi) is 5.33. The van der Waals surface area contributed by atoms with Crippen LogP contribution < -0.4 is 5.32 Å². The van der Waals surface area contributed by atoms with E-state index in [2.05, 4.69) is 53.3 Å². The molecule has 3 aromatic rings. The summed E-state index contributed by atoms with van der Waals surface area (Å²) in [7, 11) is 3.84. The Balaban J connectivity index is 1.60. The van der Waals surface area contributed by atoms with Crippen molar-refractivity contribution in [1.29, 1.82) is 0 Å². The van der Waals surface area contributed by atoms with E-state index in [0.29, 0.717) is 0 Å². The lowest BCUT2D eigenvalue weighted by Crippen LogP contribution is -2.40. The second kappa shape index (κ2) is 7.65. The summed E-state index contributed by atoms with van der Waals surface area (Å²) in [6.45, 7) is 6.45. The number of imidazole rings is 1. The first-order chi connectivity index (χ1) is 12.1. The predicted molar refractivity (Wildman–Crippen MR) is 104 cm³/mol. The highest BCUT2D eigenvalue weighted by atomic mass is 32.1. The third-order valence-electron chi connectivity index (χ3n) is 4.10. The normalized spacial score (nSPS) is 11.9. The smallest absolute Gasteiger partial charge is 0.193 e. The third-order valence-corrected chi connectivity index (χ3v) is 4.93. The van der Waals surface area contributed by atoms with E-state index in [1.807, 2.05) is 34.0 Å². The molecule has 0 saturated heterocycles. The zero-order valence-corrected chi connectivity index (χ0v) is 16.0. The Morgan fingerprint density at radius 3 is 2.80 bits per heavy atom. The zero-order valence-electron chi connectivity index (χ0n) is 15.2. The zero-order chi connectivity index (χ0) is 17.8. The summed E-state index contributed by atoms with van der Waals surface area (Å²) >= 11 is 1.68. The lowest BCUT2D eigenvalue weighted by Gasteiger charge is -2.21. The molecule has 0 atom stereocenters. The first-order valence-electron chi connectivity index (χ1n) is 8.33. The molecule has 0 radical (unpaired) electrons. The summed E-state index contributed by atoms with van der Waals surface area (Å²) in [5, 5.41) is 6.62. The molecule has 132 valence electrons. The molecule has 2 aromatic heterocycles. The second-order valence-corrected chi connectivity index (χ2v) is 7.05. The SMILES string of the molecule is CN=C(NCCn1c(C)nc2ccccc21)N(C)Cc1csc(C)n1. The monoisotopic (exact) mass is 356 g/mol. The van der Waals surface area contributed by atoms with Crippen LogP contribution in [0.1, 0.15) is 16.5 Å². The minimum atomic E-state index is 0.747. The number of thiazole rings is 1. The molecule has 2 heterocycles. The topological polar surface area (TPSA) is 58.3 Å². The van der Waals surface area contributed by atoms with E-state index in [1.165, 1.54) is 5.52 Å². The maximum atomic E-state index is 4.61. The molecule has 0 aliphatic heterocycles. The van der Waals surface area contributed by atoms with Gasteiger partial charge in [0, 0.05) is 32.6 Å². The van der Waals surface area contributed by atoms with E-state index in [9.17, 15) is 0 Å². The van der Waals surface area contributed by atoms with Crippen molar-refractivity contribution in [3.63, 3.8) is 0 Å². The minimum Gasteiger partial charge on any atom is -0.354 e. The summed E-state index contributed by atoms with van der Waals surface area (Å²) < 4.78 is 2.24.